The van der Waals surface area contributed by atoms with Crippen molar-refractivity contribution >= 4 is 0 Å². The maximum absolute atomic E-state index is 4.69. The van der Waals surface area contributed by atoms with Crippen LogP contribution in [0.2, 0.25) is 0 Å². The molecule has 0 aliphatic heterocycles. The van der Waals surface area contributed by atoms with Gasteiger partial charge in [0.1, 0.15) is 0 Å². The van der Waals surface area contributed by atoms with Gasteiger partial charge in [-0.2, -0.15) is 0 Å². The zero-order chi connectivity index (χ0) is 16.2. The van der Waals surface area contributed by atoms with E-state index in [1.54, 1.807) is 18.6 Å². The van der Waals surface area contributed by atoms with Gasteiger partial charge in [0.2, 0.25) is 0 Å². The molecule has 4 heteroatoms. The molecule has 0 aromatic carbocycles. The van der Waals surface area contributed by atoms with E-state index in [0.717, 1.165) is 33.6 Å². The van der Waals surface area contributed by atoms with Crippen LogP contribution in [0.4, 0.5) is 0 Å². The molecular formula is C20H14N4. The van der Waals surface area contributed by atoms with Crippen LogP contribution in [-0.4, -0.2) is 19.9 Å². The molecule has 0 fully saturated rings. The first-order valence-corrected chi connectivity index (χ1v) is 7.64. The van der Waals surface area contributed by atoms with E-state index in [1.807, 2.05) is 61.1 Å². The fourth-order valence-electron chi connectivity index (χ4n) is 2.61. The molecule has 0 atom stereocenters. The minimum absolute atomic E-state index is 0.885. The monoisotopic (exact) mass is 310 g/mol. The van der Waals surface area contributed by atoms with Crippen LogP contribution in [0.3, 0.4) is 0 Å². The van der Waals surface area contributed by atoms with Crippen LogP contribution in [0.15, 0.2) is 85.7 Å². The second-order valence-corrected chi connectivity index (χ2v) is 5.32. The summed E-state index contributed by atoms with van der Waals surface area (Å²) in [5.41, 5.74) is 5.76. The van der Waals surface area contributed by atoms with E-state index < -0.39 is 0 Å². The Morgan fingerprint density at radius 2 is 1.38 bits per heavy atom. The zero-order valence-electron chi connectivity index (χ0n) is 12.9. The molecule has 24 heavy (non-hydrogen) atoms. The van der Waals surface area contributed by atoms with Crippen molar-refractivity contribution in [1.82, 2.24) is 19.9 Å². The molecule has 0 N–H and O–H groups in total. The molecular weight excluding hydrogens is 296 g/mol. The Balaban J connectivity index is 1.92. The first kappa shape index (κ1) is 14.2. The second-order valence-electron chi connectivity index (χ2n) is 5.32. The van der Waals surface area contributed by atoms with Crippen molar-refractivity contribution in [2.45, 2.75) is 0 Å². The minimum Gasteiger partial charge on any atom is -0.264 e. The first-order chi connectivity index (χ1) is 11.9. The highest BCUT2D eigenvalue weighted by molar-refractivity contribution is 5.83. The normalized spacial score (nSPS) is 10.5. The lowest BCUT2D eigenvalue weighted by Gasteiger charge is -2.11. The number of hydrogen-bond acceptors (Lipinski definition) is 4. The number of pyridine rings is 4. The lowest BCUT2D eigenvalue weighted by molar-refractivity contribution is 1.25. The molecule has 4 nitrogen and oxygen atoms in total. The summed E-state index contributed by atoms with van der Waals surface area (Å²) in [6.45, 7) is 0. The molecule has 4 aromatic heterocycles. The molecule has 0 unspecified atom stereocenters. The van der Waals surface area contributed by atoms with E-state index in [0.29, 0.717) is 0 Å². The SMILES string of the molecule is c1ccc(-c2cnc(-c3cccnc3)c(-c3cccnc3)c2)nc1. The maximum Gasteiger partial charge on any atom is 0.0796 e. The van der Waals surface area contributed by atoms with Gasteiger partial charge < -0.3 is 0 Å². The topological polar surface area (TPSA) is 51.6 Å². The van der Waals surface area contributed by atoms with Gasteiger partial charge in [0.25, 0.3) is 0 Å². The zero-order valence-corrected chi connectivity index (χ0v) is 12.9. The third-order valence-electron chi connectivity index (χ3n) is 3.76. The van der Waals surface area contributed by atoms with Crippen LogP contribution >= 0.6 is 0 Å². The Bertz CT molecular complexity index is 939. The van der Waals surface area contributed by atoms with Gasteiger partial charge >= 0.3 is 0 Å². The Morgan fingerprint density at radius 3 is 2.04 bits per heavy atom. The van der Waals surface area contributed by atoms with E-state index in [4.69, 9.17) is 4.98 Å². The Labute approximate surface area is 139 Å². The maximum atomic E-state index is 4.69. The van der Waals surface area contributed by atoms with Crippen LogP contribution in [0, 0.1) is 0 Å². The molecule has 0 saturated carbocycles. The van der Waals surface area contributed by atoms with Gasteiger partial charge in [-0.3, -0.25) is 19.9 Å². The van der Waals surface area contributed by atoms with Crippen molar-refractivity contribution in [3.63, 3.8) is 0 Å². The van der Waals surface area contributed by atoms with E-state index in [-0.39, 0.29) is 0 Å². The fourth-order valence-corrected chi connectivity index (χ4v) is 2.61. The number of hydrogen-bond donors (Lipinski definition) is 0. The molecule has 0 spiro atoms. The third kappa shape index (κ3) is 2.77. The van der Waals surface area contributed by atoms with Crippen molar-refractivity contribution in [3.8, 4) is 33.6 Å². The largest absolute Gasteiger partial charge is 0.264 e. The average molecular weight is 310 g/mol. The molecule has 4 heterocycles. The van der Waals surface area contributed by atoms with Gasteiger partial charge in [-0.15, -0.1) is 0 Å². The molecule has 4 rings (SSSR count). The smallest absolute Gasteiger partial charge is 0.0796 e. The molecule has 0 amide bonds. The Kier molecular flexibility index (Phi) is 3.78. The lowest BCUT2D eigenvalue weighted by atomic mass is 9.99. The predicted octanol–water partition coefficient (Wildman–Crippen LogP) is 4.27. The van der Waals surface area contributed by atoms with E-state index in [1.165, 1.54) is 0 Å². The Morgan fingerprint density at radius 1 is 0.583 bits per heavy atom. The third-order valence-corrected chi connectivity index (χ3v) is 3.76. The van der Waals surface area contributed by atoms with E-state index in [9.17, 15) is 0 Å². The fraction of sp³-hybridized carbons (Fsp3) is 0. The van der Waals surface area contributed by atoms with Crippen LogP contribution in [0.5, 0.6) is 0 Å². The van der Waals surface area contributed by atoms with Gasteiger partial charge in [-0.05, 0) is 36.4 Å². The van der Waals surface area contributed by atoms with Crippen LogP contribution in [0.1, 0.15) is 0 Å². The quantitative estimate of drug-likeness (QED) is 0.567. The van der Waals surface area contributed by atoms with Crippen LogP contribution in [0.25, 0.3) is 33.6 Å². The van der Waals surface area contributed by atoms with Crippen molar-refractivity contribution in [3.05, 3.63) is 85.7 Å². The number of rotatable bonds is 3. The highest BCUT2D eigenvalue weighted by Gasteiger charge is 2.12. The average Bonchev–Trinajstić information content (AvgIpc) is 2.69. The minimum atomic E-state index is 0.885. The standard InChI is InChI=1S/C20H14N4/c1-2-10-23-19(7-1)17-11-18(15-5-3-8-21-12-15)20(24-14-17)16-6-4-9-22-13-16/h1-14H. The molecule has 0 aliphatic rings. The molecule has 4 aromatic rings. The summed E-state index contributed by atoms with van der Waals surface area (Å²) in [5.74, 6) is 0. The summed E-state index contributed by atoms with van der Waals surface area (Å²) in [6, 6.07) is 15.8. The van der Waals surface area contributed by atoms with Crippen LogP contribution < -0.4 is 0 Å². The van der Waals surface area contributed by atoms with Crippen molar-refractivity contribution in [1.29, 1.82) is 0 Å². The number of aromatic nitrogens is 4. The van der Waals surface area contributed by atoms with Gasteiger partial charge in [0.05, 0.1) is 11.4 Å². The van der Waals surface area contributed by atoms with E-state index in [2.05, 4.69) is 21.0 Å². The summed E-state index contributed by atoms with van der Waals surface area (Å²) in [6.07, 6.45) is 10.8. The summed E-state index contributed by atoms with van der Waals surface area (Å²) in [7, 11) is 0. The van der Waals surface area contributed by atoms with E-state index >= 15 is 0 Å². The second kappa shape index (κ2) is 6.38. The molecule has 0 bridgehead atoms. The molecule has 0 saturated heterocycles. The van der Waals surface area contributed by atoms with Gasteiger partial charge in [-0.1, -0.05) is 12.1 Å². The van der Waals surface area contributed by atoms with Gasteiger partial charge in [0, 0.05) is 59.4 Å². The summed E-state index contributed by atoms with van der Waals surface area (Å²) in [5, 5.41) is 0. The van der Waals surface area contributed by atoms with Gasteiger partial charge in [0.15, 0.2) is 0 Å². The lowest BCUT2D eigenvalue weighted by Crippen LogP contribution is -1.93. The Hall–Kier alpha value is -3.40. The number of nitrogens with zero attached hydrogens (tertiary/aromatic N) is 4. The molecule has 0 aliphatic carbocycles. The molecule has 0 radical (unpaired) electrons. The summed E-state index contributed by atoms with van der Waals surface area (Å²) < 4.78 is 0. The van der Waals surface area contributed by atoms with Crippen molar-refractivity contribution < 1.29 is 0 Å². The predicted molar refractivity (Wildman–Crippen MR) is 93.9 cm³/mol. The highest BCUT2D eigenvalue weighted by Crippen LogP contribution is 2.32. The molecule has 114 valence electrons. The van der Waals surface area contributed by atoms with Crippen LogP contribution in [-0.2, 0) is 0 Å². The first-order valence-electron chi connectivity index (χ1n) is 7.64. The summed E-state index contributed by atoms with van der Waals surface area (Å²) in [4.78, 5) is 17.6. The highest BCUT2D eigenvalue weighted by atomic mass is 14.7. The van der Waals surface area contributed by atoms with Crippen molar-refractivity contribution in [2.75, 3.05) is 0 Å². The summed E-state index contributed by atoms with van der Waals surface area (Å²) >= 11 is 0. The van der Waals surface area contributed by atoms with Crippen molar-refractivity contribution in [2.24, 2.45) is 0 Å². The van der Waals surface area contributed by atoms with Gasteiger partial charge in [-0.25, -0.2) is 0 Å².